The Labute approximate surface area is 123 Å². The van der Waals surface area contributed by atoms with Gasteiger partial charge in [0.15, 0.2) is 5.78 Å². The Balaban J connectivity index is 1.82. The van der Waals surface area contributed by atoms with Crippen LogP contribution in [0.2, 0.25) is 0 Å². The number of aromatic nitrogens is 1. The molecule has 0 atom stereocenters. The van der Waals surface area contributed by atoms with Crippen molar-refractivity contribution in [3.8, 4) is 0 Å². The van der Waals surface area contributed by atoms with E-state index in [-0.39, 0.29) is 18.2 Å². The molecule has 1 aromatic carbocycles. The number of rotatable bonds is 6. The van der Waals surface area contributed by atoms with Gasteiger partial charge in [-0.15, -0.1) is 0 Å². The second-order valence-corrected chi connectivity index (χ2v) is 4.65. The molecule has 0 aliphatic rings. The standard InChI is InChI=1S/C16H17N3O2/c1-12(20)14-5-2-6-15(8-14)19-16(21)11-18-10-13-4-3-7-17-9-13/h2-9,18H,10-11H2,1H3,(H,19,21). The van der Waals surface area contributed by atoms with Gasteiger partial charge in [-0.05, 0) is 30.7 Å². The summed E-state index contributed by atoms with van der Waals surface area (Å²) in [6.45, 7) is 2.27. The molecule has 0 aliphatic heterocycles. The number of pyridine rings is 1. The van der Waals surface area contributed by atoms with Crippen LogP contribution in [0.4, 0.5) is 5.69 Å². The van der Waals surface area contributed by atoms with Gasteiger partial charge in [0, 0.05) is 30.2 Å². The van der Waals surface area contributed by atoms with Crippen LogP contribution in [0.3, 0.4) is 0 Å². The van der Waals surface area contributed by atoms with Gasteiger partial charge < -0.3 is 10.6 Å². The maximum Gasteiger partial charge on any atom is 0.238 e. The molecule has 2 N–H and O–H groups in total. The fourth-order valence-corrected chi connectivity index (χ4v) is 1.84. The molecule has 108 valence electrons. The average molecular weight is 283 g/mol. The van der Waals surface area contributed by atoms with E-state index in [4.69, 9.17) is 0 Å². The molecule has 0 spiro atoms. The monoisotopic (exact) mass is 283 g/mol. The Bertz CT molecular complexity index is 626. The Morgan fingerprint density at radius 1 is 1.19 bits per heavy atom. The lowest BCUT2D eigenvalue weighted by Gasteiger charge is -2.07. The first kappa shape index (κ1) is 14.9. The number of hydrogen-bond acceptors (Lipinski definition) is 4. The minimum absolute atomic E-state index is 0.0270. The van der Waals surface area contributed by atoms with Crippen LogP contribution in [0.5, 0.6) is 0 Å². The zero-order valence-electron chi connectivity index (χ0n) is 11.8. The number of nitrogens with one attached hydrogen (secondary N) is 2. The Morgan fingerprint density at radius 2 is 2.05 bits per heavy atom. The first-order valence-corrected chi connectivity index (χ1v) is 6.65. The molecule has 0 radical (unpaired) electrons. The Morgan fingerprint density at radius 3 is 2.76 bits per heavy atom. The Hall–Kier alpha value is -2.53. The molecule has 0 aliphatic carbocycles. The van der Waals surface area contributed by atoms with E-state index >= 15 is 0 Å². The van der Waals surface area contributed by atoms with Crippen LogP contribution in [-0.4, -0.2) is 23.2 Å². The van der Waals surface area contributed by atoms with E-state index in [1.165, 1.54) is 6.92 Å². The number of anilines is 1. The summed E-state index contributed by atoms with van der Waals surface area (Å²) < 4.78 is 0. The van der Waals surface area contributed by atoms with Crippen molar-refractivity contribution in [1.82, 2.24) is 10.3 Å². The van der Waals surface area contributed by atoms with E-state index in [1.54, 1.807) is 36.7 Å². The first-order chi connectivity index (χ1) is 10.1. The maximum absolute atomic E-state index is 11.8. The molecular formula is C16H17N3O2. The maximum atomic E-state index is 11.8. The zero-order valence-corrected chi connectivity index (χ0v) is 11.8. The molecule has 5 heteroatoms. The van der Waals surface area contributed by atoms with Crippen LogP contribution in [-0.2, 0) is 11.3 Å². The summed E-state index contributed by atoms with van der Waals surface area (Å²) in [6.07, 6.45) is 3.46. The summed E-state index contributed by atoms with van der Waals surface area (Å²) in [4.78, 5) is 27.1. The molecule has 1 aromatic heterocycles. The van der Waals surface area contributed by atoms with Crippen LogP contribution in [0.15, 0.2) is 48.8 Å². The van der Waals surface area contributed by atoms with Crippen LogP contribution >= 0.6 is 0 Å². The van der Waals surface area contributed by atoms with E-state index < -0.39 is 0 Å². The normalized spacial score (nSPS) is 10.1. The number of Topliss-reactive ketones (excluding diaryl/α,β-unsaturated/α-hetero) is 1. The van der Waals surface area contributed by atoms with Crippen molar-refractivity contribution in [1.29, 1.82) is 0 Å². The molecule has 2 rings (SSSR count). The fraction of sp³-hybridized carbons (Fsp3) is 0.188. The van der Waals surface area contributed by atoms with Gasteiger partial charge in [0.05, 0.1) is 6.54 Å². The minimum atomic E-state index is -0.153. The number of carbonyl (C=O) groups excluding carboxylic acids is 2. The number of amides is 1. The summed E-state index contributed by atoms with van der Waals surface area (Å²) in [5.41, 5.74) is 2.22. The molecule has 2 aromatic rings. The van der Waals surface area contributed by atoms with Gasteiger partial charge in [-0.1, -0.05) is 18.2 Å². The molecule has 0 saturated carbocycles. The van der Waals surface area contributed by atoms with Crippen LogP contribution in [0, 0.1) is 0 Å². The third kappa shape index (κ3) is 4.81. The lowest BCUT2D eigenvalue weighted by molar-refractivity contribution is -0.115. The topological polar surface area (TPSA) is 71.1 Å². The summed E-state index contributed by atoms with van der Waals surface area (Å²) >= 11 is 0. The van der Waals surface area contributed by atoms with E-state index in [1.807, 2.05) is 12.1 Å². The third-order valence-electron chi connectivity index (χ3n) is 2.89. The highest BCUT2D eigenvalue weighted by Crippen LogP contribution is 2.10. The second-order valence-electron chi connectivity index (χ2n) is 4.65. The number of benzene rings is 1. The number of carbonyl (C=O) groups is 2. The van der Waals surface area contributed by atoms with E-state index in [2.05, 4.69) is 15.6 Å². The van der Waals surface area contributed by atoms with Crippen molar-refractivity contribution in [3.05, 3.63) is 59.9 Å². The molecule has 1 amide bonds. The number of ketones is 1. The van der Waals surface area contributed by atoms with Gasteiger partial charge in [-0.25, -0.2) is 0 Å². The van der Waals surface area contributed by atoms with Gasteiger partial charge in [-0.2, -0.15) is 0 Å². The molecule has 21 heavy (non-hydrogen) atoms. The lowest BCUT2D eigenvalue weighted by Crippen LogP contribution is -2.27. The molecule has 1 heterocycles. The SMILES string of the molecule is CC(=O)c1cccc(NC(=O)CNCc2cccnc2)c1. The van der Waals surface area contributed by atoms with Gasteiger partial charge in [0.25, 0.3) is 0 Å². The van der Waals surface area contributed by atoms with E-state index in [9.17, 15) is 9.59 Å². The van der Waals surface area contributed by atoms with Crippen molar-refractivity contribution < 1.29 is 9.59 Å². The second kappa shape index (κ2) is 7.31. The smallest absolute Gasteiger partial charge is 0.238 e. The lowest BCUT2D eigenvalue weighted by atomic mass is 10.1. The number of nitrogens with zero attached hydrogens (tertiary/aromatic N) is 1. The Kier molecular flexibility index (Phi) is 5.17. The quantitative estimate of drug-likeness (QED) is 0.796. The summed E-state index contributed by atoms with van der Waals surface area (Å²) in [7, 11) is 0. The summed E-state index contributed by atoms with van der Waals surface area (Å²) in [5.74, 6) is -0.180. The number of hydrogen-bond donors (Lipinski definition) is 2. The van der Waals surface area contributed by atoms with Crippen LogP contribution < -0.4 is 10.6 Å². The fourth-order valence-electron chi connectivity index (χ4n) is 1.84. The predicted octanol–water partition coefficient (Wildman–Crippen LogP) is 2.01. The van der Waals surface area contributed by atoms with Gasteiger partial charge in [-0.3, -0.25) is 14.6 Å². The highest BCUT2D eigenvalue weighted by atomic mass is 16.2. The molecule has 5 nitrogen and oxygen atoms in total. The molecular weight excluding hydrogens is 266 g/mol. The van der Waals surface area contributed by atoms with Crippen molar-refractivity contribution in [2.45, 2.75) is 13.5 Å². The minimum Gasteiger partial charge on any atom is -0.325 e. The van der Waals surface area contributed by atoms with Crippen LogP contribution in [0.1, 0.15) is 22.8 Å². The third-order valence-corrected chi connectivity index (χ3v) is 2.89. The predicted molar refractivity (Wildman–Crippen MR) is 81.0 cm³/mol. The average Bonchev–Trinajstić information content (AvgIpc) is 2.48. The summed E-state index contributed by atoms with van der Waals surface area (Å²) in [5, 5.41) is 5.79. The van der Waals surface area contributed by atoms with Gasteiger partial charge >= 0.3 is 0 Å². The molecule has 0 saturated heterocycles. The van der Waals surface area contributed by atoms with E-state index in [0.717, 1.165) is 5.56 Å². The van der Waals surface area contributed by atoms with E-state index in [0.29, 0.717) is 17.8 Å². The molecule has 0 bridgehead atoms. The highest BCUT2D eigenvalue weighted by molar-refractivity contribution is 5.97. The first-order valence-electron chi connectivity index (χ1n) is 6.65. The van der Waals surface area contributed by atoms with Crippen molar-refractivity contribution >= 4 is 17.4 Å². The van der Waals surface area contributed by atoms with Gasteiger partial charge in [0.1, 0.15) is 0 Å². The van der Waals surface area contributed by atoms with Crippen molar-refractivity contribution in [2.75, 3.05) is 11.9 Å². The summed E-state index contributed by atoms with van der Waals surface area (Å²) in [6, 6.07) is 10.7. The highest BCUT2D eigenvalue weighted by Gasteiger charge is 2.04. The molecule has 0 unspecified atom stereocenters. The largest absolute Gasteiger partial charge is 0.325 e. The zero-order chi connectivity index (χ0) is 15.1. The molecule has 0 fully saturated rings. The van der Waals surface area contributed by atoms with Crippen molar-refractivity contribution in [2.24, 2.45) is 0 Å². The van der Waals surface area contributed by atoms with Gasteiger partial charge in [0.2, 0.25) is 5.91 Å². The van der Waals surface area contributed by atoms with Crippen molar-refractivity contribution in [3.63, 3.8) is 0 Å². The van der Waals surface area contributed by atoms with Crippen LogP contribution in [0.25, 0.3) is 0 Å².